The number of benzene rings is 2. The lowest BCUT2D eigenvalue weighted by atomic mass is 10.0. The number of urea groups is 1. The Balaban J connectivity index is 0.806. The first kappa shape index (κ1) is 38.6. The number of rotatable bonds is 10. The van der Waals surface area contributed by atoms with Crippen molar-refractivity contribution < 1.29 is 28.7 Å². The van der Waals surface area contributed by atoms with Crippen molar-refractivity contribution in [2.45, 2.75) is 57.7 Å². The second kappa shape index (κ2) is 16.6. The minimum absolute atomic E-state index is 0.0471. The first-order valence-electron chi connectivity index (χ1n) is 18.9. The van der Waals surface area contributed by atoms with Crippen LogP contribution in [0, 0.1) is 6.57 Å². The van der Waals surface area contributed by atoms with Crippen molar-refractivity contribution in [1.29, 1.82) is 0 Å². The van der Waals surface area contributed by atoms with Crippen molar-refractivity contribution in [2.24, 2.45) is 0 Å². The molecule has 7 rings (SSSR count). The highest BCUT2D eigenvalue weighted by Crippen LogP contribution is 2.33. The molecular formula is C40H44ClN9O6. The molecule has 16 heteroatoms. The summed E-state index contributed by atoms with van der Waals surface area (Å²) >= 11 is 6.29. The number of imide groups is 2. The summed E-state index contributed by atoms with van der Waals surface area (Å²) < 4.78 is 5.88. The third-order valence-corrected chi connectivity index (χ3v) is 11.2. The molecule has 4 aliphatic rings. The van der Waals surface area contributed by atoms with E-state index in [1.807, 2.05) is 30.0 Å². The Morgan fingerprint density at radius 3 is 2.43 bits per heavy atom. The van der Waals surface area contributed by atoms with Gasteiger partial charge in [-0.25, -0.2) is 14.6 Å². The maximum atomic E-state index is 13.2. The van der Waals surface area contributed by atoms with Crippen LogP contribution in [0.25, 0.3) is 4.85 Å². The third kappa shape index (κ3) is 8.12. The van der Waals surface area contributed by atoms with Crippen molar-refractivity contribution in [2.75, 3.05) is 67.5 Å². The minimum Gasteiger partial charge on any atom is -0.478 e. The van der Waals surface area contributed by atoms with Gasteiger partial charge in [0.05, 0.1) is 36.2 Å². The van der Waals surface area contributed by atoms with Crippen LogP contribution in [0.5, 0.6) is 5.88 Å². The van der Waals surface area contributed by atoms with Gasteiger partial charge in [-0.05, 0) is 76.1 Å². The van der Waals surface area contributed by atoms with Gasteiger partial charge in [-0.3, -0.25) is 34.3 Å². The number of anilines is 3. The Hall–Kier alpha value is -5.72. The first-order valence-corrected chi connectivity index (χ1v) is 19.3. The largest absolute Gasteiger partial charge is 0.478 e. The van der Waals surface area contributed by atoms with Gasteiger partial charge in [0.15, 0.2) is 0 Å². The van der Waals surface area contributed by atoms with Crippen LogP contribution in [0.3, 0.4) is 0 Å². The number of hydrogen-bond acceptors (Lipinski definition) is 10. The van der Waals surface area contributed by atoms with Crippen LogP contribution < -0.4 is 25.2 Å². The van der Waals surface area contributed by atoms with E-state index in [2.05, 4.69) is 42.1 Å². The summed E-state index contributed by atoms with van der Waals surface area (Å²) in [5.41, 5.74) is 3.36. The molecule has 56 heavy (non-hydrogen) atoms. The van der Waals surface area contributed by atoms with Gasteiger partial charge >= 0.3 is 6.03 Å². The van der Waals surface area contributed by atoms with E-state index in [1.54, 1.807) is 36.5 Å². The summed E-state index contributed by atoms with van der Waals surface area (Å²) in [6.45, 7) is 17.1. The minimum atomic E-state index is -0.980. The van der Waals surface area contributed by atoms with E-state index >= 15 is 0 Å². The number of amides is 6. The topological polar surface area (TPSA) is 152 Å². The Morgan fingerprint density at radius 2 is 1.71 bits per heavy atom. The molecule has 3 atom stereocenters. The van der Waals surface area contributed by atoms with Gasteiger partial charge in [0.1, 0.15) is 6.04 Å². The standard InChI is InChI=1S/C40H44ClN9O6/c1-25-24-49(26(2)23-48(25)29-8-10-33(42-3)32(41)21-29)40(55)44-27-6-13-36(43-22-27)56-19-5-4-14-46-15-17-47(18-16-46)28-7-9-30-31(20-28)39(54)50(38(30)53)34-11-12-35(51)45-37(34)52/h6-10,13,20-22,25-26,34H,4-5,11-12,14-19,23-24H2,1-2H3,(H,44,55)(H,45,51,52)/t25-,26+,34?/m0/s1. The number of nitrogens with one attached hydrogen (secondary N) is 2. The van der Waals surface area contributed by atoms with Gasteiger partial charge < -0.3 is 24.8 Å². The second-order valence-electron chi connectivity index (χ2n) is 14.6. The van der Waals surface area contributed by atoms with E-state index in [-0.39, 0.29) is 42.1 Å². The Labute approximate surface area is 330 Å². The lowest BCUT2D eigenvalue weighted by Gasteiger charge is -2.45. The number of fused-ring (bicyclic) bond motifs is 1. The summed E-state index contributed by atoms with van der Waals surface area (Å²) in [5.74, 6) is -1.53. The lowest BCUT2D eigenvalue weighted by Crippen LogP contribution is -2.59. The van der Waals surface area contributed by atoms with E-state index in [0.29, 0.717) is 42.0 Å². The number of pyridine rings is 1. The average Bonchev–Trinajstić information content (AvgIpc) is 3.44. The van der Waals surface area contributed by atoms with Gasteiger partial charge in [0, 0.05) is 80.2 Å². The fourth-order valence-electron chi connectivity index (χ4n) is 7.77. The SMILES string of the molecule is [C-]#[N+]c1ccc(N2C[C@@H](C)N(C(=O)Nc3ccc(OCCCCN4CCN(c5ccc6c(c5)C(=O)N(C5CCC(=O)NC5=O)C6=O)CC4)nc3)C[C@@H]2C)cc1Cl. The van der Waals surface area contributed by atoms with Crippen molar-refractivity contribution in [1.82, 2.24) is 25.0 Å². The van der Waals surface area contributed by atoms with Crippen LogP contribution >= 0.6 is 11.6 Å². The number of halogens is 1. The number of piperidine rings is 1. The van der Waals surface area contributed by atoms with Crippen LogP contribution in [-0.4, -0.2) is 120 Å². The molecule has 1 unspecified atom stereocenters. The molecule has 0 aliphatic carbocycles. The van der Waals surface area contributed by atoms with Crippen molar-refractivity contribution >= 4 is 64.0 Å². The predicted molar refractivity (Wildman–Crippen MR) is 210 cm³/mol. The molecule has 0 bridgehead atoms. The van der Waals surface area contributed by atoms with E-state index in [0.717, 1.165) is 61.8 Å². The molecule has 2 N–H and O–H groups in total. The normalized spacial score (nSPS) is 21.5. The zero-order valence-electron chi connectivity index (χ0n) is 31.4. The molecular weight excluding hydrogens is 738 g/mol. The smallest absolute Gasteiger partial charge is 0.322 e. The third-order valence-electron chi connectivity index (χ3n) is 10.9. The fraction of sp³-hybridized carbons (Fsp3) is 0.425. The summed E-state index contributed by atoms with van der Waals surface area (Å²) in [5, 5.41) is 5.61. The second-order valence-corrected chi connectivity index (χ2v) is 15.0. The highest BCUT2D eigenvalue weighted by atomic mass is 35.5. The van der Waals surface area contributed by atoms with Crippen LogP contribution in [0.4, 0.5) is 27.5 Å². The summed E-state index contributed by atoms with van der Waals surface area (Å²) in [7, 11) is 0. The van der Waals surface area contributed by atoms with Crippen molar-refractivity contribution in [3.63, 3.8) is 0 Å². The molecule has 3 aromatic rings. The molecule has 3 fully saturated rings. The van der Waals surface area contributed by atoms with E-state index in [9.17, 15) is 24.0 Å². The number of carbonyl (C=O) groups is 5. The van der Waals surface area contributed by atoms with Gasteiger partial charge in [-0.1, -0.05) is 17.7 Å². The molecule has 3 saturated heterocycles. The Kier molecular flexibility index (Phi) is 11.4. The molecule has 4 aliphatic heterocycles. The number of unbranched alkanes of at least 4 members (excludes halogenated alkanes) is 1. The quantitative estimate of drug-likeness (QED) is 0.167. The van der Waals surface area contributed by atoms with Crippen LogP contribution in [0.2, 0.25) is 5.02 Å². The molecule has 1 aromatic heterocycles. The summed E-state index contributed by atoms with van der Waals surface area (Å²) in [6.07, 6.45) is 3.61. The monoisotopic (exact) mass is 781 g/mol. The van der Waals surface area contributed by atoms with Gasteiger partial charge in [-0.15, -0.1) is 0 Å². The average molecular weight is 782 g/mol. The predicted octanol–water partition coefficient (Wildman–Crippen LogP) is 4.80. The van der Waals surface area contributed by atoms with Gasteiger partial charge in [-0.2, -0.15) is 0 Å². The lowest BCUT2D eigenvalue weighted by molar-refractivity contribution is -0.136. The van der Waals surface area contributed by atoms with Crippen LogP contribution in [-0.2, 0) is 9.59 Å². The molecule has 0 saturated carbocycles. The zero-order valence-corrected chi connectivity index (χ0v) is 32.1. The molecule has 6 amide bonds. The van der Waals surface area contributed by atoms with Crippen molar-refractivity contribution in [3.05, 3.63) is 82.3 Å². The van der Waals surface area contributed by atoms with E-state index in [4.69, 9.17) is 22.9 Å². The van der Waals surface area contributed by atoms with Gasteiger partial charge in [0.25, 0.3) is 11.8 Å². The maximum Gasteiger partial charge on any atom is 0.322 e. The Morgan fingerprint density at radius 1 is 0.946 bits per heavy atom. The zero-order chi connectivity index (χ0) is 39.5. The number of ether oxygens (including phenoxy) is 1. The van der Waals surface area contributed by atoms with E-state index in [1.165, 1.54) is 0 Å². The highest BCUT2D eigenvalue weighted by molar-refractivity contribution is 6.33. The van der Waals surface area contributed by atoms with Crippen LogP contribution in [0.1, 0.15) is 60.2 Å². The summed E-state index contributed by atoms with van der Waals surface area (Å²) in [6, 6.07) is 13.0. The summed E-state index contributed by atoms with van der Waals surface area (Å²) in [4.78, 5) is 80.9. The molecule has 5 heterocycles. The number of aromatic nitrogens is 1. The number of piperazine rings is 2. The molecule has 0 radical (unpaired) electrons. The van der Waals surface area contributed by atoms with Crippen LogP contribution in [0.15, 0.2) is 54.7 Å². The number of hydrogen-bond donors (Lipinski definition) is 2. The molecule has 292 valence electrons. The van der Waals surface area contributed by atoms with Gasteiger partial charge in [0.2, 0.25) is 23.4 Å². The number of carbonyl (C=O) groups excluding carboxylic acids is 5. The Bertz CT molecular complexity index is 2070. The van der Waals surface area contributed by atoms with Crippen molar-refractivity contribution in [3.8, 4) is 5.88 Å². The molecule has 15 nitrogen and oxygen atoms in total. The fourth-order valence-corrected chi connectivity index (χ4v) is 7.99. The molecule has 2 aromatic carbocycles. The van der Waals surface area contributed by atoms with E-state index < -0.39 is 29.7 Å². The molecule has 0 spiro atoms. The first-order chi connectivity index (χ1) is 27.0. The highest BCUT2D eigenvalue weighted by Gasteiger charge is 2.45. The number of nitrogens with zero attached hydrogens (tertiary/aromatic N) is 7. The maximum absolute atomic E-state index is 13.2.